The Morgan fingerprint density at radius 3 is 2.06 bits per heavy atom. The molecule has 4 aromatic carbocycles. The summed E-state index contributed by atoms with van der Waals surface area (Å²) in [6, 6.07) is 21.4. The van der Waals surface area contributed by atoms with Crippen LogP contribution in [0.25, 0.3) is 0 Å². The molecular weight excluding hydrogens is 717 g/mol. The second-order valence-electron chi connectivity index (χ2n) is 11.7. The lowest BCUT2D eigenvalue weighted by Crippen LogP contribution is -2.54. The third-order valence-electron chi connectivity index (χ3n) is 7.93. The molecule has 0 saturated carbocycles. The molecule has 272 valence electrons. The number of amides is 2. The van der Waals surface area contributed by atoms with E-state index in [1.54, 1.807) is 18.2 Å². The zero-order valence-electron chi connectivity index (χ0n) is 29.2. The maximum absolute atomic E-state index is 14.8. The zero-order valence-corrected chi connectivity index (χ0v) is 31.5. The second kappa shape index (κ2) is 17.5. The molecule has 0 aromatic heterocycles. The van der Waals surface area contributed by atoms with Crippen molar-refractivity contribution in [2.75, 3.05) is 39.3 Å². The number of carbonyl (C=O) groups is 2. The monoisotopic (exact) mass is 757 g/mol. The summed E-state index contributed by atoms with van der Waals surface area (Å²) in [7, 11) is 1.10. The van der Waals surface area contributed by atoms with Crippen LogP contribution in [0.5, 0.6) is 23.0 Å². The summed E-state index contributed by atoms with van der Waals surface area (Å²) < 4.78 is 52.0. The number of ether oxygens (including phenoxy) is 4. The van der Waals surface area contributed by atoms with Gasteiger partial charge in [-0.3, -0.25) is 13.9 Å². The number of halogens is 2. The molecule has 11 nitrogen and oxygen atoms in total. The molecule has 0 aliphatic rings. The first-order valence-electron chi connectivity index (χ1n) is 15.9. The Bertz CT molecular complexity index is 1940. The molecule has 1 atom stereocenters. The van der Waals surface area contributed by atoms with E-state index in [0.29, 0.717) is 22.1 Å². The van der Waals surface area contributed by atoms with Crippen LogP contribution >= 0.6 is 23.2 Å². The van der Waals surface area contributed by atoms with E-state index < -0.39 is 34.4 Å². The van der Waals surface area contributed by atoms with E-state index in [1.165, 1.54) is 69.7 Å². The van der Waals surface area contributed by atoms with E-state index in [9.17, 15) is 18.0 Å². The molecule has 4 rings (SSSR count). The molecule has 0 aliphatic heterocycles. The number of methoxy groups -OCH3 is 4. The van der Waals surface area contributed by atoms with E-state index in [2.05, 4.69) is 5.32 Å². The van der Waals surface area contributed by atoms with Crippen LogP contribution in [-0.4, -0.2) is 72.2 Å². The minimum absolute atomic E-state index is 0.0238. The number of sulfonamides is 1. The molecule has 0 heterocycles. The summed E-state index contributed by atoms with van der Waals surface area (Å²) in [6.07, 6.45) is 0.126. The van der Waals surface area contributed by atoms with Gasteiger partial charge < -0.3 is 29.2 Å². The van der Waals surface area contributed by atoms with Crippen LogP contribution in [-0.2, 0) is 32.6 Å². The van der Waals surface area contributed by atoms with Crippen molar-refractivity contribution in [1.29, 1.82) is 0 Å². The summed E-state index contributed by atoms with van der Waals surface area (Å²) in [5, 5.41) is 3.58. The van der Waals surface area contributed by atoms with Crippen LogP contribution in [0.4, 0.5) is 5.69 Å². The van der Waals surface area contributed by atoms with Gasteiger partial charge in [0.25, 0.3) is 10.0 Å². The Morgan fingerprint density at radius 1 is 0.784 bits per heavy atom. The van der Waals surface area contributed by atoms with Crippen molar-refractivity contribution >= 4 is 50.7 Å². The lowest BCUT2D eigenvalue weighted by atomic mass is 10.0. The molecule has 0 bridgehead atoms. The molecule has 0 aliphatic carbocycles. The predicted octanol–water partition coefficient (Wildman–Crippen LogP) is 6.39. The summed E-state index contributed by atoms with van der Waals surface area (Å²) in [5.74, 6) is -0.193. The number of hydrogen-bond donors (Lipinski definition) is 1. The van der Waals surface area contributed by atoms with Crippen molar-refractivity contribution in [3.8, 4) is 23.0 Å². The highest BCUT2D eigenvalue weighted by atomic mass is 35.5. The maximum Gasteiger partial charge on any atom is 0.265 e. The van der Waals surface area contributed by atoms with Crippen molar-refractivity contribution < 1.29 is 37.0 Å². The number of rotatable bonds is 16. The van der Waals surface area contributed by atoms with E-state index in [0.717, 1.165) is 9.87 Å². The average molecular weight is 759 g/mol. The van der Waals surface area contributed by atoms with Crippen LogP contribution in [0.2, 0.25) is 10.0 Å². The molecule has 14 heteroatoms. The Hall–Kier alpha value is -4.65. The number of carbonyl (C=O) groups excluding carboxylic acids is 2. The van der Waals surface area contributed by atoms with Gasteiger partial charge >= 0.3 is 0 Å². The quantitative estimate of drug-likeness (QED) is 0.140. The summed E-state index contributed by atoms with van der Waals surface area (Å²) in [4.78, 5) is 30.0. The Kier molecular flexibility index (Phi) is 13.4. The molecule has 1 N–H and O–H groups in total. The number of nitrogens with zero attached hydrogens (tertiary/aromatic N) is 2. The van der Waals surface area contributed by atoms with E-state index >= 15 is 0 Å². The van der Waals surface area contributed by atoms with Crippen molar-refractivity contribution in [1.82, 2.24) is 10.2 Å². The molecule has 0 saturated heterocycles. The predicted molar refractivity (Wildman–Crippen MR) is 198 cm³/mol. The van der Waals surface area contributed by atoms with Crippen LogP contribution in [0.15, 0.2) is 89.8 Å². The third-order valence-corrected chi connectivity index (χ3v) is 10.3. The highest BCUT2D eigenvalue weighted by Gasteiger charge is 2.36. The van der Waals surface area contributed by atoms with Crippen molar-refractivity contribution in [2.45, 2.75) is 43.8 Å². The minimum atomic E-state index is -4.54. The molecule has 0 radical (unpaired) electrons. The number of benzene rings is 4. The number of hydrogen-bond acceptors (Lipinski definition) is 8. The summed E-state index contributed by atoms with van der Waals surface area (Å²) in [5.41, 5.74) is 1.31. The lowest BCUT2D eigenvalue weighted by Gasteiger charge is -2.34. The molecule has 4 aromatic rings. The molecule has 0 fully saturated rings. The van der Waals surface area contributed by atoms with Gasteiger partial charge in [-0.25, -0.2) is 8.42 Å². The van der Waals surface area contributed by atoms with E-state index in [-0.39, 0.29) is 46.1 Å². The highest BCUT2D eigenvalue weighted by Crippen LogP contribution is 2.38. The van der Waals surface area contributed by atoms with Gasteiger partial charge in [0.05, 0.1) is 39.0 Å². The first-order valence-corrected chi connectivity index (χ1v) is 18.1. The molecular formula is C37H41Cl2N3O8S. The fourth-order valence-corrected chi connectivity index (χ4v) is 7.28. The van der Waals surface area contributed by atoms with Crippen molar-refractivity contribution in [3.05, 3.63) is 106 Å². The second-order valence-corrected chi connectivity index (χ2v) is 14.4. The van der Waals surface area contributed by atoms with E-state index in [1.807, 2.05) is 44.2 Å². The smallest absolute Gasteiger partial charge is 0.265 e. The van der Waals surface area contributed by atoms with Crippen molar-refractivity contribution in [2.24, 2.45) is 0 Å². The SMILES string of the molecule is COc1ccc(OC)c(N(CC(=O)N(Cc2ccc(Cl)cc2Cl)[C@H](Cc2ccccc2)C(=O)NC(C)C)S(=O)(=O)c2ccc(OC)c(OC)c2)c1. The van der Waals surface area contributed by atoms with Crippen LogP contribution in [0.1, 0.15) is 25.0 Å². The molecule has 51 heavy (non-hydrogen) atoms. The number of anilines is 1. The van der Waals surface area contributed by atoms with Crippen molar-refractivity contribution in [3.63, 3.8) is 0 Å². The molecule has 0 spiro atoms. The van der Waals surface area contributed by atoms with Crippen LogP contribution < -0.4 is 28.6 Å². The Balaban J connectivity index is 1.92. The standard InChI is InChI=1S/C37H41Cl2N3O8S/c1-24(2)40-37(44)32(18-25-10-8-7-9-11-25)41(22-26-12-13-27(38)19-30(26)39)36(43)23-42(31-20-28(47-3)14-16-33(31)48-4)51(45,46)29-15-17-34(49-5)35(21-29)50-6/h7-17,19-21,24,32H,18,22-23H2,1-6H3,(H,40,44)/t32-/m1/s1. The first kappa shape index (κ1) is 39.1. The van der Waals surface area contributed by atoms with Gasteiger partial charge in [-0.2, -0.15) is 0 Å². The van der Waals surface area contributed by atoms with Gasteiger partial charge in [0.15, 0.2) is 11.5 Å². The Morgan fingerprint density at radius 2 is 1.45 bits per heavy atom. The van der Waals surface area contributed by atoms with Gasteiger partial charge in [0.2, 0.25) is 11.8 Å². The number of nitrogens with one attached hydrogen (secondary N) is 1. The fraction of sp³-hybridized carbons (Fsp3) is 0.297. The van der Waals surface area contributed by atoms with Gasteiger partial charge in [-0.15, -0.1) is 0 Å². The topological polar surface area (TPSA) is 124 Å². The highest BCUT2D eigenvalue weighted by molar-refractivity contribution is 7.92. The normalized spacial score (nSPS) is 11.8. The average Bonchev–Trinajstić information content (AvgIpc) is 3.12. The van der Waals surface area contributed by atoms with Gasteiger partial charge in [-0.1, -0.05) is 59.6 Å². The minimum Gasteiger partial charge on any atom is -0.497 e. The lowest BCUT2D eigenvalue weighted by molar-refractivity contribution is -0.140. The Labute approximate surface area is 309 Å². The van der Waals surface area contributed by atoms with Gasteiger partial charge in [-0.05, 0) is 61.4 Å². The largest absolute Gasteiger partial charge is 0.497 e. The summed E-state index contributed by atoms with van der Waals surface area (Å²) >= 11 is 12.8. The van der Waals surface area contributed by atoms with Gasteiger partial charge in [0.1, 0.15) is 24.1 Å². The molecule has 2 amide bonds. The maximum atomic E-state index is 14.8. The zero-order chi connectivity index (χ0) is 37.3. The third kappa shape index (κ3) is 9.57. The first-order chi connectivity index (χ1) is 24.3. The van der Waals surface area contributed by atoms with Crippen LogP contribution in [0, 0.1) is 0 Å². The summed E-state index contributed by atoms with van der Waals surface area (Å²) in [6.45, 7) is 2.74. The molecule has 0 unspecified atom stereocenters. The van der Waals surface area contributed by atoms with Gasteiger partial charge in [0, 0.05) is 41.2 Å². The fourth-order valence-electron chi connectivity index (χ4n) is 5.38. The van der Waals surface area contributed by atoms with Crippen LogP contribution in [0.3, 0.4) is 0 Å². The van der Waals surface area contributed by atoms with E-state index in [4.69, 9.17) is 42.1 Å².